The van der Waals surface area contributed by atoms with Crippen LogP contribution in [0.15, 0.2) is 36.4 Å². The van der Waals surface area contributed by atoms with Gasteiger partial charge in [-0.15, -0.1) is 10.2 Å². The van der Waals surface area contributed by atoms with E-state index >= 15 is 0 Å². The van der Waals surface area contributed by atoms with Gasteiger partial charge in [-0.05, 0) is 43.4 Å². The number of anilines is 1. The highest BCUT2D eigenvalue weighted by Gasteiger charge is 2.19. The van der Waals surface area contributed by atoms with Gasteiger partial charge in [-0.1, -0.05) is 30.7 Å². The first-order valence-corrected chi connectivity index (χ1v) is 7.05. The van der Waals surface area contributed by atoms with Crippen LogP contribution in [0.2, 0.25) is 0 Å². The van der Waals surface area contributed by atoms with Gasteiger partial charge in [0.1, 0.15) is 5.82 Å². The molecule has 0 spiro atoms. The summed E-state index contributed by atoms with van der Waals surface area (Å²) in [6.45, 7) is 2.92. The number of benzene rings is 1. The van der Waals surface area contributed by atoms with Gasteiger partial charge < -0.3 is 5.32 Å². The fourth-order valence-electron chi connectivity index (χ4n) is 2.43. The predicted molar refractivity (Wildman–Crippen MR) is 78.2 cm³/mol. The number of rotatable bonds is 4. The van der Waals surface area contributed by atoms with E-state index in [0.29, 0.717) is 0 Å². The van der Waals surface area contributed by atoms with Crippen molar-refractivity contribution < 1.29 is 0 Å². The van der Waals surface area contributed by atoms with Crippen LogP contribution in [0, 0.1) is 0 Å². The molecule has 1 aliphatic rings. The quantitative estimate of drug-likeness (QED) is 0.899. The molecule has 0 bridgehead atoms. The average molecular weight is 253 g/mol. The number of aromatic nitrogens is 2. The molecule has 0 amide bonds. The van der Waals surface area contributed by atoms with Crippen LogP contribution in [0.3, 0.4) is 0 Å². The Morgan fingerprint density at radius 1 is 1.05 bits per heavy atom. The molecule has 1 aromatic carbocycles. The Bertz CT molecular complexity index is 527. The lowest BCUT2D eigenvalue weighted by molar-refractivity contribution is 0.420. The van der Waals surface area contributed by atoms with Crippen molar-refractivity contribution in [2.75, 3.05) is 11.9 Å². The molecule has 98 valence electrons. The van der Waals surface area contributed by atoms with Gasteiger partial charge in [0.05, 0.1) is 5.69 Å². The van der Waals surface area contributed by atoms with Gasteiger partial charge in [-0.25, -0.2) is 0 Å². The molecule has 0 radical (unpaired) electrons. The Labute approximate surface area is 114 Å². The monoisotopic (exact) mass is 253 g/mol. The fourth-order valence-corrected chi connectivity index (χ4v) is 2.43. The first-order chi connectivity index (χ1) is 9.36. The predicted octanol–water partition coefficient (Wildman–Crippen LogP) is 3.84. The minimum absolute atomic E-state index is 0.788. The molecule has 1 fully saturated rings. The summed E-state index contributed by atoms with van der Waals surface area (Å²) in [5.41, 5.74) is 3.53. The van der Waals surface area contributed by atoms with Crippen LogP contribution in [-0.2, 0) is 0 Å². The molecule has 1 N–H and O–H groups in total. The summed E-state index contributed by atoms with van der Waals surface area (Å²) in [6.07, 6.45) is 4.07. The van der Waals surface area contributed by atoms with Crippen molar-refractivity contribution in [1.82, 2.24) is 10.2 Å². The highest BCUT2D eigenvalue weighted by atomic mass is 15.2. The number of nitrogens with zero attached hydrogens (tertiary/aromatic N) is 2. The molecule has 1 heterocycles. The van der Waals surface area contributed by atoms with Gasteiger partial charge in [0.15, 0.2) is 0 Å². The third-order valence-corrected chi connectivity index (χ3v) is 3.81. The summed E-state index contributed by atoms with van der Waals surface area (Å²) >= 11 is 0. The van der Waals surface area contributed by atoms with E-state index < -0.39 is 0 Å². The SMILES string of the molecule is CCNc1ccc(-c2ccc(C3CCC3)cc2)nn1. The van der Waals surface area contributed by atoms with Crippen molar-refractivity contribution in [2.45, 2.75) is 32.1 Å². The molecule has 1 aromatic heterocycles. The lowest BCUT2D eigenvalue weighted by atomic mass is 9.80. The molecule has 3 heteroatoms. The van der Waals surface area contributed by atoms with Gasteiger partial charge in [-0.2, -0.15) is 0 Å². The summed E-state index contributed by atoms with van der Waals surface area (Å²) < 4.78 is 0. The summed E-state index contributed by atoms with van der Waals surface area (Å²) in [7, 11) is 0. The molecule has 3 rings (SSSR count). The Morgan fingerprint density at radius 2 is 1.84 bits per heavy atom. The Morgan fingerprint density at radius 3 is 2.37 bits per heavy atom. The van der Waals surface area contributed by atoms with E-state index in [1.165, 1.54) is 24.8 Å². The maximum atomic E-state index is 4.26. The second kappa shape index (κ2) is 5.39. The van der Waals surface area contributed by atoms with E-state index in [1.807, 2.05) is 12.1 Å². The van der Waals surface area contributed by atoms with Crippen LogP contribution in [0.4, 0.5) is 5.82 Å². The molecule has 0 atom stereocenters. The van der Waals surface area contributed by atoms with Gasteiger partial charge in [0, 0.05) is 12.1 Å². The van der Waals surface area contributed by atoms with Gasteiger partial charge in [0.2, 0.25) is 0 Å². The van der Waals surface area contributed by atoms with Crippen LogP contribution in [0.5, 0.6) is 0 Å². The smallest absolute Gasteiger partial charge is 0.148 e. The van der Waals surface area contributed by atoms with E-state index in [-0.39, 0.29) is 0 Å². The molecule has 0 aliphatic heterocycles. The Kier molecular flexibility index (Phi) is 3.45. The summed E-state index contributed by atoms with van der Waals surface area (Å²) in [5.74, 6) is 1.62. The molecule has 1 saturated carbocycles. The Hall–Kier alpha value is -1.90. The standard InChI is InChI=1S/C16H19N3/c1-2-17-16-11-10-15(18-19-16)14-8-6-13(7-9-14)12-4-3-5-12/h6-12H,2-5H2,1H3,(H,17,19). The largest absolute Gasteiger partial charge is 0.369 e. The molecule has 19 heavy (non-hydrogen) atoms. The lowest BCUT2D eigenvalue weighted by Gasteiger charge is -2.25. The van der Waals surface area contributed by atoms with E-state index in [1.54, 1.807) is 0 Å². The zero-order valence-electron chi connectivity index (χ0n) is 11.3. The number of nitrogens with one attached hydrogen (secondary N) is 1. The first-order valence-electron chi connectivity index (χ1n) is 7.05. The van der Waals surface area contributed by atoms with Crippen LogP contribution in [0.25, 0.3) is 11.3 Å². The maximum Gasteiger partial charge on any atom is 0.148 e. The van der Waals surface area contributed by atoms with Crippen LogP contribution in [-0.4, -0.2) is 16.7 Å². The number of hydrogen-bond acceptors (Lipinski definition) is 3. The minimum atomic E-state index is 0.788. The molecular formula is C16H19N3. The third-order valence-electron chi connectivity index (χ3n) is 3.81. The van der Waals surface area contributed by atoms with E-state index in [0.717, 1.165) is 29.5 Å². The zero-order valence-corrected chi connectivity index (χ0v) is 11.3. The second-order valence-corrected chi connectivity index (χ2v) is 5.08. The summed E-state index contributed by atoms with van der Waals surface area (Å²) in [6, 6.07) is 12.8. The topological polar surface area (TPSA) is 37.8 Å². The van der Waals surface area contributed by atoms with Gasteiger partial charge in [0.25, 0.3) is 0 Å². The van der Waals surface area contributed by atoms with Crippen LogP contribution >= 0.6 is 0 Å². The minimum Gasteiger partial charge on any atom is -0.369 e. The molecule has 3 nitrogen and oxygen atoms in total. The molecular weight excluding hydrogens is 234 g/mol. The van der Waals surface area contributed by atoms with Crippen molar-refractivity contribution in [3.05, 3.63) is 42.0 Å². The van der Waals surface area contributed by atoms with Crippen LogP contribution in [0.1, 0.15) is 37.7 Å². The molecule has 1 aliphatic carbocycles. The summed E-state index contributed by atoms with van der Waals surface area (Å²) in [5, 5.41) is 11.6. The van der Waals surface area contributed by atoms with Crippen molar-refractivity contribution >= 4 is 5.82 Å². The van der Waals surface area contributed by atoms with Crippen molar-refractivity contribution in [3.63, 3.8) is 0 Å². The second-order valence-electron chi connectivity index (χ2n) is 5.08. The molecule has 0 saturated heterocycles. The van der Waals surface area contributed by atoms with E-state index in [4.69, 9.17) is 0 Å². The highest BCUT2D eigenvalue weighted by molar-refractivity contribution is 5.60. The van der Waals surface area contributed by atoms with E-state index in [9.17, 15) is 0 Å². The maximum absolute atomic E-state index is 4.26. The van der Waals surface area contributed by atoms with Crippen molar-refractivity contribution in [2.24, 2.45) is 0 Å². The summed E-state index contributed by atoms with van der Waals surface area (Å²) in [4.78, 5) is 0. The third kappa shape index (κ3) is 2.60. The number of hydrogen-bond donors (Lipinski definition) is 1. The van der Waals surface area contributed by atoms with Crippen LogP contribution < -0.4 is 5.32 Å². The van der Waals surface area contributed by atoms with Crippen molar-refractivity contribution in [3.8, 4) is 11.3 Å². The lowest BCUT2D eigenvalue weighted by Crippen LogP contribution is -2.08. The highest BCUT2D eigenvalue weighted by Crippen LogP contribution is 2.36. The molecule has 0 unspecified atom stereocenters. The van der Waals surface area contributed by atoms with Crippen molar-refractivity contribution in [1.29, 1.82) is 0 Å². The van der Waals surface area contributed by atoms with E-state index in [2.05, 4.69) is 46.7 Å². The average Bonchev–Trinajstić information content (AvgIpc) is 2.39. The normalized spacial score (nSPS) is 15.0. The zero-order chi connectivity index (χ0) is 13.1. The first kappa shape index (κ1) is 12.2. The fraction of sp³-hybridized carbons (Fsp3) is 0.375. The molecule has 2 aromatic rings. The Balaban J connectivity index is 1.77. The van der Waals surface area contributed by atoms with Gasteiger partial charge >= 0.3 is 0 Å². The van der Waals surface area contributed by atoms with Gasteiger partial charge in [-0.3, -0.25) is 0 Å².